The summed E-state index contributed by atoms with van der Waals surface area (Å²) in [6.07, 6.45) is 5.91. The molecule has 0 radical (unpaired) electrons. The molecule has 0 saturated carbocycles. The molecule has 1 nitrogen and oxygen atoms in total. The number of rotatable bonds is 3. The minimum atomic E-state index is -1.43. The molecule has 0 heterocycles. The van der Waals surface area contributed by atoms with Crippen molar-refractivity contribution in [3.8, 4) is 12.3 Å². The molecule has 0 amide bonds. The van der Waals surface area contributed by atoms with Crippen LogP contribution in [0.5, 0.6) is 0 Å². The van der Waals surface area contributed by atoms with Crippen molar-refractivity contribution in [3.05, 3.63) is 0 Å². The average molecular weight is 170 g/mol. The Labute approximate surface area is 71.3 Å². The fraction of sp³-hybridized carbons (Fsp3) is 0.778. The number of terminal acetylenes is 1. The van der Waals surface area contributed by atoms with Crippen molar-refractivity contribution in [1.29, 1.82) is 0 Å². The summed E-state index contributed by atoms with van der Waals surface area (Å²) in [4.78, 5) is 0. The summed E-state index contributed by atoms with van der Waals surface area (Å²) >= 11 is 0. The third-order valence-corrected chi connectivity index (χ3v) is 2.28. The molecular formula is C9H18OSi. The predicted molar refractivity (Wildman–Crippen MR) is 52.0 cm³/mol. The maximum Gasteiger partial charge on any atom is 0.184 e. The summed E-state index contributed by atoms with van der Waals surface area (Å²) in [6, 6.07) is 0. The van der Waals surface area contributed by atoms with E-state index in [-0.39, 0.29) is 5.60 Å². The Morgan fingerprint density at radius 3 is 2.09 bits per heavy atom. The van der Waals surface area contributed by atoms with Gasteiger partial charge in [0.25, 0.3) is 0 Å². The zero-order chi connectivity index (χ0) is 9.12. The maximum atomic E-state index is 5.86. The molecule has 0 aromatic rings. The molecule has 64 valence electrons. The van der Waals surface area contributed by atoms with Crippen molar-refractivity contribution < 1.29 is 4.43 Å². The smallest absolute Gasteiger partial charge is 0.184 e. The topological polar surface area (TPSA) is 9.23 Å². The monoisotopic (exact) mass is 170 g/mol. The predicted octanol–water partition coefficient (Wildman–Crippen LogP) is 2.64. The van der Waals surface area contributed by atoms with Gasteiger partial charge in [0, 0.05) is 6.42 Å². The number of hydrogen-bond acceptors (Lipinski definition) is 1. The SMILES string of the molecule is C#CCC(C)(C)O[Si](C)(C)C. The van der Waals surface area contributed by atoms with E-state index in [0.717, 1.165) is 0 Å². The Balaban J connectivity index is 4.04. The zero-order valence-corrected chi connectivity index (χ0v) is 9.19. The highest BCUT2D eigenvalue weighted by Crippen LogP contribution is 2.19. The first-order valence-corrected chi connectivity index (χ1v) is 7.31. The molecule has 0 fully saturated rings. The Hall–Kier alpha value is -0.263. The summed E-state index contributed by atoms with van der Waals surface area (Å²) in [5, 5.41) is 0. The Morgan fingerprint density at radius 1 is 1.36 bits per heavy atom. The second-order valence-electron chi connectivity index (χ2n) is 4.36. The molecule has 0 aliphatic carbocycles. The lowest BCUT2D eigenvalue weighted by atomic mass is 10.1. The van der Waals surface area contributed by atoms with Crippen molar-refractivity contribution in [2.45, 2.75) is 45.5 Å². The molecule has 0 bridgehead atoms. The molecule has 0 saturated heterocycles. The first-order valence-electron chi connectivity index (χ1n) is 3.90. The van der Waals surface area contributed by atoms with Crippen LogP contribution in [0.4, 0.5) is 0 Å². The van der Waals surface area contributed by atoms with E-state index in [4.69, 9.17) is 10.8 Å². The summed E-state index contributed by atoms with van der Waals surface area (Å²) in [5.41, 5.74) is -0.140. The van der Waals surface area contributed by atoms with E-state index < -0.39 is 8.32 Å². The van der Waals surface area contributed by atoms with Crippen LogP contribution in [0.3, 0.4) is 0 Å². The van der Waals surface area contributed by atoms with Gasteiger partial charge >= 0.3 is 0 Å². The van der Waals surface area contributed by atoms with Gasteiger partial charge in [0.2, 0.25) is 0 Å². The van der Waals surface area contributed by atoms with Gasteiger partial charge in [0.05, 0.1) is 5.60 Å². The molecule has 0 aliphatic rings. The van der Waals surface area contributed by atoms with E-state index >= 15 is 0 Å². The van der Waals surface area contributed by atoms with Gasteiger partial charge in [-0.05, 0) is 33.5 Å². The van der Waals surface area contributed by atoms with Crippen LogP contribution in [0.1, 0.15) is 20.3 Å². The molecular weight excluding hydrogens is 152 g/mol. The van der Waals surface area contributed by atoms with E-state index in [2.05, 4.69) is 25.6 Å². The lowest BCUT2D eigenvalue weighted by molar-refractivity contribution is 0.107. The lowest BCUT2D eigenvalue weighted by Gasteiger charge is -2.31. The normalized spacial score (nSPS) is 12.7. The third kappa shape index (κ3) is 6.15. The summed E-state index contributed by atoms with van der Waals surface area (Å²) in [7, 11) is -1.43. The molecule has 0 spiro atoms. The van der Waals surface area contributed by atoms with Crippen LogP contribution in [-0.2, 0) is 4.43 Å². The van der Waals surface area contributed by atoms with Crippen LogP contribution in [0, 0.1) is 12.3 Å². The van der Waals surface area contributed by atoms with Gasteiger partial charge in [-0.25, -0.2) is 0 Å². The highest BCUT2D eigenvalue weighted by Gasteiger charge is 2.25. The molecule has 0 aromatic heterocycles. The molecule has 0 atom stereocenters. The van der Waals surface area contributed by atoms with Crippen molar-refractivity contribution in [2.24, 2.45) is 0 Å². The van der Waals surface area contributed by atoms with Crippen LogP contribution < -0.4 is 0 Å². The number of hydrogen-bond donors (Lipinski definition) is 0. The molecule has 0 unspecified atom stereocenters. The van der Waals surface area contributed by atoms with Gasteiger partial charge in [0.15, 0.2) is 8.32 Å². The maximum absolute atomic E-state index is 5.86. The van der Waals surface area contributed by atoms with Crippen LogP contribution in [0.15, 0.2) is 0 Å². The molecule has 0 aromatic carbocycles. The molecule has 11 heavy (non-hydrogen) atoms. The van der Waals surface area contributed by atoms with E-state index in [9.17, 15) is 0 Å². The Morgan fingerprint density at radius 2 is 1.82 bits per heavy atom. The quantitative estimate of drug-likeness (QED) is 0.467. The van der Waals surface area contributed by atoms with Gasteiger partial charge in [-0.1, -0.05) is 0 Å². The second kappa shape index (κ2) is 3.42. The lowest BCUT2D eigenvalue weighted by Crippen LogP contribution is -2.38. The largest absolute Gasteiger partial charge is 0.412 e. The van der Waals surface area contributed by atoms with Crippen LogP contribution in [0.25, 0.3) is 0 Å². The molecule has 0 aliphatic heterocycles. The van der Waals surface area contributed by atoms with Crippen molar-refractivity contribution in [1.82, 2.24) is 0 Å². The molecule has 0 rings (SSSR count). The van der Waals surface area contributed by atoms with Gasteiger partial charge in [-0.2, -0.15) is 0 Å². The highest BCUT2D eigenvalue weighted by atomic mass is 28.4. The van der Waals surface area contributed by atoms with Gasteiger partial charge in [-0.15, -0.1) is 12.3 Å². The first kappa shape index (κ1) is 10.7. The van der Waals surface area contributed by atoms with Crippen LogP contribution >= 0.6 is 0 Å². The standard InChI is InChI=1S/C9H18OSi/c1-7-8-9(2,3)10-11(4,5)6/h1H,8H2,2-6H3. The van der Waals surface area contributed by atoms with Crippen LogP contribution in [-0.4, -0.2) is 13.9 Å². The van der Waals surface area contributed by atoms with E-state index in [0.29, 0.717) is 6.42 Å². The fourth-order valence-electron chi connectivity index (χ4n) is 1.11. The highest BCUT2D eigenvalue weighted by molar-refractivity contribution is 6.69. The van der Waals surface area contributed by atoms with Crippen LogP contribution in [0.2, 0.25) is 19.6 Å². The zero-order valence-electron chi connectivity index (χ0n) is 8.19. The van der Waals surface area contributed by atoms with Gasteiger partial charge in [0.1, 0.15) is 0 Å². The molecule has 0 N–H and O–H groups in total. The van der Waals surface area contributed by atoms with E-state index in [1.54, 1.807) is 0 Å². The van der Waals surface area contributed by atoms with E-state index in [1.165, 1.54) is 0 Å². The van der Waals surface area contributed by atoms with Crippen molar-refractivity contribution in [3.63, 3.8) is 0 Å². The van der Waals surface area contributed by atoms with E-state index in [1.807, 2.05) is 13.8 Å². The Kier molecular flexibility index (Phi) is 3.34. The molecule has 2 heteroatoms. The Bertz CT molecular complexity index is 159. The van der Waals surface area contributed by atoms with Crippen molar-refractivity contribution in [2.75, 3.05) is 0 Å². The minimum absolute atomic E-state index is 0.140. The van der Waals surface area contributed by atoms with Gasteiger partial charge in [-0.3, -0.25) is 0 Å². The first-order chi connectivity index (χ1) is 4.77. The summed E-state index contributed by atoms with van der Waals surface area (Å²) < 4.78 is 5.86. The summed E-state index contributed by atoms with van der Waals surface area (Å²) in [6.45, 7) is 10.6. The average Bonchev–Trinajstić information content (AvgIpc) is 1.55. The second-order valence-corrected chi connectivity index (χ2v) is 8.78. The van der Waals surface area contributed by atoms with Gasteiger partial charge < -0.3 is 4.43 Å². The third-order valence-electron chi connectivity index (χ3n) is 1.11. The summed E-state index contributed by atoms with van der Waals surface area (Å²) in [5.74, 6) is 2.63. The van der Waals surface area contributed by atoms with Crippen molar-refractivity contribution >= 4 is 8.32 Å². The fourth-order valence-corrected chi connectivity index (χ4v) is 2.84. The minimum Gasteiger partial charge on any atom is -0.412 e.